The van der Waals surface area contributed by atoms with Crippen LogP contribution in [0.1, 0.15) is 0 Å². The summed E-state index contributed by atoms with van der Waals surface area (Å²) >= 11 is 0. The molecule has 3 fully saturated rings. The molecule has 4 heteroatoms. The Bertz CT molecular complexity index is 163. The third-order valence-electron chi connectivity index (χ3n) is 2.47. The van der Waals surface area contributed by atoms with Crippen molar-refractivity contribution in [3.63, 3.8) is 0 Å². The Labute approximate surface area is 57.4 Å². The van der Waals surface area contributed by atoms with E-state index in [0.717, 1.165) is 0 Å². The topological polar surface area (TPSA) is 65.5 Å². The highest BCUT2D eigenvalue weighted by molar-refractivity contribution is 5.15. The van der Waals surface area contributed by atoms with E-state index < -0.39 is 12.2 Å². The summed E-state index contributed by atoms with van der Waals surface area (Å²) in [5.41, 5.74) is 0. The molecule has 6 atom stereocenters. The second kappa shape index (κ2) is 1.38. The Morgan fingerprint density at radius 3 is 1.50 bits per heavy atom. The average Bonchev–Trinajstić information content (AvgIpc) is 2.71. The summed E-state index contributed by atoms with van der Waals surface area (Å²) in [6, 6.07) is 0. The van der Waals surface area contributed by atoms with E-state index in [9.17, 15) is 10.2 Å². The van der Waals surface area contributed by atoms with Crippen LogP contribution in [0.2, 0.25) is 0 Å². The molecule has 4 nitrogen and oxygen atoms in total. The summed E-state index contributed by atoms with van der Waals surface area (Å²) < 4.78 is 10.2. The molecule has 0 amide bonds. The molecular weight excluding hydrogens is 136 g/mol. The zero-order chi connectivity index (χ0) is 6.88. The normalized spacial score (nSPS) is 70.2. The number of aliphatic hydroxyl groups is 2. The number of ether oxygens (including phenoxy) is 2. The molecule has 10 heavy (non-hydrogen) atoms. The van der Waals surface area contributed by atoms with Gasteiger partial charge in [-0.2, -0.15) is 0 Å². The van der Waals surface area contributed by atoms with Crippen molar-refractivity contribution in [1.82, 2.24) is 0 Å². The van der Waals surface area contributed by atoms with Crippen LogP contribution >= 0.6 is 0 Å². The number of rotatable bonds is 0. The fourth-order valence-corrected chi connectivity index (χ4v) is 1.74. The van der Waals surface area contributed by atoms with E-state index in [1.54, 1.807) is 0 Å². The van der Waals surface area contributed by atoms with E-state index in [4.69, 9.17) is 9.47 Å². The highest BCUT2D eigenvalue weighted by Crippen LogP contribution is 2.47. The minimum absolute atomic E-state index is 0.0726. The molecule has 2 heterocycles. The first-order chi connectivity index (χ1) is 4.79. The number of hydrogen-bond acceptors (Lipinski definition) is 4. The second-order valence-electron chi connectivity index (χ2n) is 3.11. The molecule has 0 radical (unpaired) electrons. The van der Waals surface area contributed by atoms with Gasteiger partial charge in [-0.25, -0.2) is 0 Å². The van der Waals surface area contributed by atoms with Crippen molar-refractivity contribution in [2.75, 3.05) is 0 Å². The summed E-state index contributed by atoms with van der Waals surface area (Å²) in [7, 11) is 0. The molecule has 2 aliphatic heterocycles. The first-order valence-corrected chi connectivity index (χ1v) is 3.46. The average molecular weight is 144 g/mol. The van der Waals surface area contributed by atoms with Crippen LogP contribution in [0, 0.1) is 0 Å². The number of fused-ring (bicyclic) bond motifs is 3. The van der Waals surface area contributed by atoms with Crippen LogP contribution in [0.4, 0.5) is 0 Å². The Morgan fingerprint density at radius 1 is 0.700 bits per heavy atom. The van der Waals surface area contributed by atoms with E-state index in [1.807, 2.05) is 0 Å². The maximum Gasteiger partial charge on any atom is 0.116 e. The second-order valence-corrected chi connectivity index (χ2v) is 3.11. The molecule has 0 aromatic carbocycles. The minimum atomic E-state index is -0.728. The maximum atomic E-state index is 9.23. The first-order valence-electron chi connectivity index (χ1n) is 3.46. The van der Waals surface area contributed by atoms with Gasteiger partial charge < -0.3 is 19.7 Å². The lowest BCUT2D eigenvalue weighted by Crippen LogP contribution is -2.41. The molecule has 0 spiro atoms. The predicted molar refractivity (Wildman–Crippen MR) is 29.3 cm³/mol. The van der Waals surface area contributed by atoms with Crippen LogP contribution in [-0.2, 0) is 9.47 Å². The van der Waals surface area contributed by atoms with Crippen LogP contribution in [0.3, 0.4) is 0 Å². The summed E-state index contributed by atoms with van der Waals surface area (Å²) in [5, 5.41) is 18.5. The summed E-state index contributed by atoms with van der Waals surface area (Å²) in [6.07, 6.45) is -1.62. The van der Waals surface area contributed by atoms with Crippen LogP contribution in [0.25, 0.3) is 0 Å². The van der Waals surface area contributed by atoms with Gasteiger partial charge in [-0.1, -0.05) is 0 Å². The maximum absolute atomic E-state index is 9.23. The Morgan fingerprint density at radius 2 is 1.10 bits per heavy atom. The predicted octanol–water partition coefficient (Wildman–Crippen LogP) is -1.74. The first kappa shape index (κ1) is 5.49. The summed E-state index contributed by atoms with van der Waals surface area (Å²) in [6.45, 7) is 0. The largest absolute Gasteiger partial charge is 0.387 e. The highest BCUT2D eigenvalue weighted by atomic mass is 16.7. The van der Waals surface area contributed by atoms with Gasteiger partial charge in [0.25, 0.3) is 0 Å². The van der Waals surface area contributed by atoms with Crippen molar-refractivity contribution in [3.8, 4) is 0 Å². The molecule has 3 rings (SSSR count). The molecule has 2 N–H and O–H groups in total. The third kappa shape index (κ3) is 0.473. The van der Waals surface area contributed by atoms with Crippen molar-refractivity contribution in [2.45, 2.75) is 36.6 Å². The fourth-order valence-electron chi connectivity index (χ4n) is 1.74. The Hall–Kier alpha value is -0.160. The van der Waals surface area contributed by atoms with Gasteiger partial charge in [-0.15, -0.1) is 0 Å². The van der Waals surface area contributed by atoms with Crippen molar-refractivity contribution in [1.29, 1.82) is 0 Å². The number of epoxide rings is 2. The van der Waals surface area contributed by atoms with Gasteiger partial charge in [0.15, 0.2) is 0 Å². The van der Waals surface area contributed by atoms with Crippen molar-refractivity contribution in [3.05, 3.63) is 0 Å². The van der Waals surface area contributed by atoms with Gasteiger partial charge in [0.2, 0.25) is 0 Å². The zero-order valence-corrected chi connectivity index (χ0v) is 5.18. The van der Waals surface area contributed by atoms with Gasteiger partial charge in [0, 0.05) is 0 Å². The minimum Gasteiger partial charge on any atom is -0.387 e. The quantitative estimate of drug-likeness (QED) is 0.396. The lowest BCUT2D eigenvalue weighted by atomic mass is 9.95. The summed E-state index contributed by atoms with van der Waals surface area (Å²) in [4.78, 5) is 0. The molecule has 1 aliphatic carbocycles. The molecule has 3 aliphatic rings. The number of aliphatic hydroxyl groups excluding tert-OH is 2. The standard InChI is InChI=1S/C6H8O4/c7-1-2(8)4-6(10-4)5-3(1)9-5/h1-8H/t1-,2+,3-,4+,5-,6+. The van der Waals surface area contributed by atoms with Gasteiger partial charge in [0.1, 0.15) is 36.6 Å². The molecule has 2 saturated heterocycles. The lowest BCUT2D eigenvalue weighted by Gasteiger charge is -2.15. The van der Waals surface area contributed by atoms with Gasteiger partial charge in [-0.05, 0) is 0 Å². The molecule has 0 aromatic rings. The molecular formula is C6H8O4. The molecule has 0 unspecified atom stereocenters. The molecule has 56 valence electrons. The van der Waals surface area contributed by atoms with Crippen molar-refractivity contribution >= 4 is 0 Å². The van der Waals surface area contributed by atoms with Crippen molar-refractivity contribution < 1.29 is 19.7 Å². The lowest BCUT2D eigenvalue weighted by molar-refractivity contribution is -0.0121. The van der Waals surface area contributed by atoms with Crippen LogP contribution < -0.4 is 0 Å². The van der Waals surface area contributed by atoms with E-state index in [2.05, 4.69) is 0 Å². The monoisotopic (exact) mass is 144 g/mol. The van der Waals surface area contributed by atoms with Crippen LogP contribution in [-0.4, -0.2) is 46.8 Å². The van der Waals surface area contributed by atoms with Gasteiger partial charge in [0.05, 0.1) is 0 Å². The van der Waals surface area contributed by atoms with E-state index in [-0.39, 0.29) is 24.4 Å². The molecule has 0 bridgehead atoms. The Balaban J connectivity index is 1.89. The van der Waals surface area contributed by atoms with Gasteiger partial charge in [-0.3, -0.25) is 0 Å². The summed E-state index contributed by atoms with van der Waals surface area (Å²) in [5.74, 6) is 0. The molecule has 0 aromatic heterocycles. The number of hydrogen-bond donors (Lipinski definition) is 2. The fraction of sp³-hybridized carbons (Fsp3) is 1.00. The van der Waals surface area contributed by atoms with E-state index in [0.29, 0.717) is 0 Å². The van der Waals surface area contributed by atoms with Crippen LogP contribution in [0.5, 0.6) is 0 Å². The zero-order valence-electron chi connectivity index (χ0n) is 5.18. The SMILES string of the molecule is O[C@@H]1[C@H](O)[C@@H]2O[C@@H]2[C@@H]2O[C@H]12. The highest BCUT2D eigenvalue weighted by Gasteiger charge is 2.68. The third-order valence-corrected chi connectivity index (χ3v) is 2.47. The Kier molecular flexibility index (Phi) is 0.757. The van der Waals surface area contributed by atoms with Crippen LogP contribution in [0.15, 0.2) is 0 Å². The van der Waals surface area contributed by atoms with Crippen molar-refractivity contribution in [2.24, 2.45) is 0 Å². The van der Waals surface area contributed by atoms with E-state index >= 15 is 0 Å². The molecule has 1 saturated carbocycles. The smallest absolute Gasteiger partial charge is 0.116 e. The van der Waals surface area contributed by atoms with Gasteiger partial charge >= 0.3 is 0 Å². The van der Waals surface area contributed by atoms with E-state index in [1.165, 1.54) is 0 Å².